The highest BCUT2D eigenvalue weighted by atomic mass is 16.1. The topological polar surface area (TPSA) is 17.1 Å². The lowest BCUT2D eigenvalue weighted by Gasteiger charge is -2.37. The first-order chi connectivity index (χ1) is 9.75. The number of hydrogen-bond donors (Lipinski definition) is 0. The molecule has 0 spiro atoms. The van der Waals surface area contributed by atoms with Gasteiger partial charge in [0.25, 0.3) is 0 Å². The number of rotatable bonds is 3. The van der Waals surface area contributed by atoms with E-state index in [0.29, 0.717) is 0 Å². The molecule has 0 atom stereocenters. The molecule has 0 fully saturated rings. The van der Waals surface area contributed by atoms with Crippen molar-refractivity contribution in [2.24, 2.45) is 5.41 Å². The zero-order chi connectivity index (χ0) is 15.7. The van der Waals surface area contributed by atoms with Crippen molar-refractivity contribution in [1.82, 2.24) is 0 Å². The molecule has 1 heteroatoms. The third-order valence-electron chi connectivity index (χ3n) is 4.30. The number of aldehydes is 1. The maximum atomic E-state index is 10.4. The van der Waals surface area contributed by atoms with Crippen molar-refractivity contribution in [1.29, 1.82) is 0 Å². The third kappa shape index (κ3) is 3.34. The van der Waals surface area contributed by atoms with Crippen molar-refractivity contribution >= 4 is 11.9 Å². The normalized spacial score (nSPS) is 17.5. The lowest BCUT2D eigenvalue weighted by atomic mass is 9.68. The smallest absolute Gasteiger partial charge is 0.142 e. The Kier molecular flexibility index (Phi) is 4.22. The van der Waals surface area contributed by atoms with Gasteiger partial charge in [0.15, 0.2) is 0 Å². The van der Waals surface area contributed by atoms with Crippen LogP contribution in [0.3, 0.4) is 0 Å². The van der Waals surface area contributed by atoms with Gasteiger partial charge in [-0.3, -0.25) is 4.79 Å². The van der Waals surface area contributed by atoms with E-state index >= 15 is 0 Å². The molecule has 0 saturated heterocycles. The highest BCUT2D eigenvalue weighted by molar-refractivity contribution is 5.75. The van der Waals surface area contributed by atoms with Crippen LogP contribution in [0, 0.1) is 5.41 Å². The molecule has 0 radical (unpaired) electrons. The van der Waals surface area contributed by atoms with Gasteiger partial charge in [0.2, 0.25) is 0 Å². The average molecular weight is 282 g/mol. The molecule has 1 aliphatic rings. The number of carbonyl (C=O) groups is 1. The minimum Gasteiger partial charge on any atom is -0.299 e. The van der Waals surface area contributed by atoms with Crippen LogP contribution in [-0.2, 0) is 16.6 Å². The first-order valence-corrected chi connectivity index (χ1v) is 7.70. The lowest BCUT2D eigenvalue weighted by molar-refractivity contribution is -0.104. The second-order valence-electron chi connectivity index (χ2n) is 7.60. The molecule has 0 saturated carbocycles. The van der Waals surface area contributed by atoms with Crippen LogP contribution in [0.25, 0.3) is 5.57 Å². The molecule has 2 rings (SSSR count). The van der Waals surface area contributed by atoms with Crippen molar-refractivity contribution in [3.05, 3.63) is 53.1 Å². The second kappa shape index (κ2) is 5.63. The van der Waals surface area contributed by atoms with Gasteiger partial charge in [-0.15, -0.1) is 0 Å². The summed E-state index contributed by atoms with van der Waals surface area (Å²) in [6.45, 7) is 11.5. The van der Waals surface area contributed by atoms with E-state index in [9.17, 15) is 4.79 Å². The maximum absolute atomic E-state index is 10.4. The molecule has 1 aromatic rings. The van der Waals surface area contributed by atoms with Gasteiger partial charge >= 0.3 is 0 Å². The van der Waals surface area contributed by atoms with Crippen LogP contribution in [-0.4, -0.2) is 6.29 Å². The Labute approximate surface area is 128 Å². The van der Waals surface area contributed by atoms with Gasteiger partial charge in [-0.2, -0.15) is 0 Å². The van der Waals surface area contributed by atoms with Crippen LogP contribution in [0.15, 0.2) is 36.4 Å². The largest absolute Gasteiger partial charge is 0.299 e. The molecule has 0 bridgehead atoms. The molecule has 0 heterocycles. The summed E-state index contributed by atoms with van der Waals surface area (Å²) in [5.41, 5.74) is 5.88. The molecule has 0 amide bonds. The highest BCUT2D eigenvalue weighted by Crippen LogP contribution is 2.45. The summed E-state index contributed by atoms with van der Waals surface area (Å²) < 4.78 is 0. The minimum atomic E-state index is 0.155. The molecule has 112 valence electrons. The summed E-state index contributed by atoms with van der Waals surface area (Å²) >= 11 is 0. The van der Waals surface area contributed by atoms with Crippen LogP contribution in [0.1, 0.15) is 57.7 Å². The monoisotopic (exact) mass is 282 g/mol. The molecule has 1 aliphatic carbocycles. The van der Waals surface area contributed by atoms with Gasteiger partial charge in [0, 0.05) is 0 Å². The Hall–Kier alpha value is -1.63. The number of carbonyl (C=O) groups excluding carboxylic acids is 1. The fourth-order valence-electron chi connectivity index (χ4n) is 3.08. The summed E-state index contributed by atoms with van der Waals surface area (Å²) in [5.74, 6) is 0. The van der Waals surface area contributed by atoms with Gasteiger partial charge in [-0.1, -0.05) is 65.0 Å². The van der Waals surface area contributed by atoms with E-state index in [0.717, 1.165) is 19.1 Å². The molecule has 0 aliphatic heterocycles. The quantitative estimate of drug-likeness (QED) is 0.557. The number of fused-ring (bicyclic) bond motifs is 1. The maximum Gasteiger partial charge on any atom is 0.142 e. The Balaban J connectivity index is 2.49. The first-order valence-electron chi connectivity index (χ1n) is 7.70. The van der Waals surface area contributed by atoms with Crippen LogP contribution in [0.4, 0.5) is 0 Å². The van der Waals surface area contributed by atoms with Crippen LogP contribution >= 0.6 is 0 Å². The summed E-state index contributed by atoms with van der Waals surface area (Å²) in [5, 5.41) is 0. The van der Waals surface area contributed by atoms with Gasteiger partial charge in [-0.25, -0.2) is 0 Å². The lowest BCUT2D eigenvalue weighted by Crippen LogP contribution is -2.25. The standard InChI is InChI=1S/C20H26O/c1-19(2,3)17-11-12-20(4,5)18-10-9-15(14-16(17)18)8-6-7-13-21/h6-7,9-11,13-14H,8,12H2,1-5H3/b7-6+. The van der Waals surface area contributed by atoms with E-state index in [1.807, 2.05) is 6.08 Å². The second-order valence-corrected chi connectivity index (χ2v) is 7.60. The van der Waals surface area contributed by atoms with Crippen molar-refractivity contribution in [2.45, 2.75) is 52.9 Å². The molecule has 0 unspecified atom stereocenters. The van der Waals surface area contributed by atoms with Gasteiger partial charge < -0.3 is 0 Å². The predicted molar refractivity (Wildman–Crippen MR) is 90.4 cm³/mol. The van der Waals surface area contributed by atoms with E-state index in [2.05, 4.69) is 58.9 Å². The Morgan fingerprint density at radius 3 is 2.57 bits per heavy atom. The van der Waals surface area contributed by atoms with Crippen molar-refractivity contribution in [3.8, 4) is 0 Å². The summed E-state index contributed by atoms with van der Waals surface area (Å²) in [7, 11) is 0. The SMILES string of the molecule is CC(C)(C)C1=CCC(C)(C)c2ccc(C/C=C/C=O)cc21. The summed E-state index contributed by atoms with van der Waals surface area (Å²) in [6.07, 6.45) is 8.64. The zero-order valence-corrected chi connectivity index (χ0v) is 13.9. The predicted octanol–water partition coefficient (Wildman–Crippen LogP) is 5.10. The zero-order valence-electron chi connectivity index (χ0n) is 13.9. The Morgan fingerprint density at radius 2 is 1.95 bits per heavy atom. The third-order valence-corrected chi connectivity index (χ3v) is 4.30. The van der Waals surface area contributed by atoms with E-state index in [-0.39, 0.29) is 10.8 Å². The average Bonchev–Trinajstić information content (AvgIpc) is 2.37. The minimum absolute atomic E-state index is 0.155. The van der Waals surface area contributed by atoms with E-state index in [4.69, 9.17) is 0 Å². The van der Waals surface area contributed by atoms with Gasteiger partial charge in [0.1, 0.15) is 6.29 Å². The first kappa shape index (κ1) is 15.8. The van der Waals surface area contributed by atoms with Crippen LogP contribution < -0.4 is 0 Å². The van der Waals surface area contributed by atoms with E-state index < -0.39 is 0 Å². The van der Waals surface area contributed by atoms with E-state index in [1.165, 1.54) is 22.3 Å². The van der Waals surface area contributed by atoms with E-state index in [1.54, 1.807) is 6.08 Å². The van der Waals surface area contributed by atoms with Crippen molar-refractivity contribution < 1.29 is 4.79 Å². The fourth-order valence-corrected chi connectivity index (χ4v) is 3.08. The summed E-state index contributed by atoms with van der Waals surface area (Å²) in [6, 6.07) is 6.78. The van der Waals surface area contributed by atoms with Crippen molar-refractivity contribution in [2.75, 3.05) is 0 Å². The number of allylic oxidation sites excluding steroid dienone is 4. The van der Waals surface area contributed by atoms with Crippen LogP contribution in [0.5, 0.6) is 0 Å². The Bertz CT molecular complexity index is 595. The van der Waals surface area contributed by atoms with Gasteiger partial charge in [0.05, 0.1) is 0 Å². The van der Waals surface area contributed by atoms with Crippen molar-refractivity contribution in [3.63, 3.8) is 0 Å². The molecular formula is C20H26O. The molecule has 0 N–H and O–H groups in total. The summed E-state index contributed by atoms with van der Waals surface area (Å²) in [4.78, 5) is 10.4. The van der Waals surface area contributed by atoms with Gasteiger partial charge in [-0.05, 0) is 52.0 Å². The van der Waals surface area contributed by atoms with Crippen LogP contribution in [0.2, 0.25) is 0 Å². The molecule has 1 aromatic carbocycles. The number of hydrogen-bond acceptors (Lipinski definition) is 1. The Morgan fingerprint density at radius 1 is 1.24 bits per heavy atom. The molecule has 0 aromatic heterocycles. The number of benzene rings is 1. The molecule has 21 heavy (non-hydrogen) atoms. The molecular weight excluding hydrogens is 256 g/mol. The molecule has 1 nitrogen and oxygen atoms in total. The fraction of sp³-hybridized carbons (Fsp3) is 0.450. The highest BCUT2D eigenvalue weighted by Gasteiger charge is 2.32.